The number of hydrogen-bond acceptors (Lipinski definition) is 3. The molecule has 0 bridgehead atoms. The molecule has 0 radical (unpaired) electrons. The second-order valence-electron chi connectivity index (χ2n) is 8.21. The molecule has 0 saturated carbocycles. The van der Waals surface area contributed by atoms with Crippen molar-refractivity contribution < 1.29 is 4.79 Å². The molecule has 33 heavy (non-hydrogen) atoms. The molecule has 174 valence electrons. The van der Waals surface area contributed by atoms with Crippen molar-refractivity contribution in [2.75, 3.05) is 13.1 Å². The van der Waals surface area contributed by atoms with Gasteiger partial charge in [-0.15, -0.1) is 24.8 Å². The number of piperidine rings is 1. The van der Waals surface area contributed by atoms with E-state index in [0.717, 1.165) is 37.1 Å². The number of benzene rings is 2. The maximum atomic E-state index is 13.1. The quantitative estimate of drug-likeness (QED) is 0.492. The van der Waals surface area contributed by atoms with Gasteiger partial charge in [-0.2, -0.15) is 0 Å². The molecule has 0 aliphatic carbocycles. The second-order valence-corrected chi connectivity index (χ2v) is 8.21. The Kier molecular flexibility index (Phi) is 10.1. The molecule has 6 heteroatoms. The number of rotatable bonds is 5. The minimum absolute atomic E-state index is 0. The molecule has 2 aromatic carbocycles. The Morgan fingerprint density at radius 3 is 2.39 bits per heavy atom. The van der Waals surface area contributed by atoms with Gasteiger partial charge in [0.05, 0.1) is 5.56 Å². The number of carbonyl (C=O) groups is 1. The van der Waals surface area contributed by atoms with E-state index in [-0.39, 0.29) is 30.7 Å². The van der Waals surface area contributed by atoms with Crippen LogP contribution in [0.1, 0.15) is 56.9 Å². The Bertz CT molecular complexity index is 1080. The Balaban J connectivity index is 0.00000193. The van der Waals surface area contributed by atoms with Crippen molar-refractivity contribution in [1.29, 1.82) is 0 Å². The van der Waals surface area contributed by atoms with Crippen LogP contribution in [-0.2, 0) is 6.54 Å². The van der Waals surface area contributed by atoms with Crippen molar-refractivity contribution in [3.05, 3.63) is 100 Å². The molecular formula is C27H31Cl2N3O. The maximum absolute atomic E-state index is 13.1. The van der Waals surface area contributed by atoms with E-state index in [1.54, 1.807) is 12.4 Å². The lowest BCUT2D eigenvalue weighted by Gasteiger charge is -2.33. The highest BCUT2D eigenvalue weighted by Crippen LogP contribution is 2.31. The average molecular weight is 484 g/mol. The lowest BCUT2D eigenvalue weighted by atomic mass is 9.85. The van der Waals surface area contributed by atoms with Gasteiger partial charge in [0.1, 0.15) is 0 Å². The number of halogens is 2. The highest BCUT2D eigenvalue weighted by molar-refractivity contribution is 5.94. The standard InChI is InChI=1S/C27H29N3O.2ClH/c1-20-7-8-22(17-28)16-26(20)24-11-13-30(14-12-24)27(31)25-15-23(18-29-19-25)10-9-21-5-3-2-4-6-21;;/h2-10,15-16,18-19,24H,11-14,17,28H2,1H3;2*1H. The molecular weight excluding hydrogens is 453 g/mol. The molecule has 0 atom stereocenters. The zero-order valence-corrected chi connectivity index (χ0v) is 20.4. The Morgan fingerprint density at radius 1 is 1.00 bits per heavy atom. The van der Waals surface area contributed by atoms with Gasteiger partial charge < -0.3 is 10.6 Å². The van der Waals surface area contributed by atoms with E-state index in [1.165, 1.54) is 16.7 Å². The summed E-state index contributed by atoms with van der Waals surface area (Å²) in [6.45, 7) is 4.25. The Morgan fingerprint density at radius 2 is 1.70 bits per heavy atom. The summed E-state index contributed by atoms with van der Waals surface area (Å²) in [5.74, 6) is 0.544. The fourth-order valence-corrected chi connectivity index (χ4v) is 4.26. The third kappa shape index (κ3) is 6.67. The lowest BCUT2D eigenvalue weighted by Crippen LogP contribution is -2.38. The SMILES string of the molecule is Cc1ccc(CN)cc1C1CCN(C(=O)c2cncc(C=Cc3ccccc3)c2)CC1.Cl.Cl. The molecule has 1 aliphatic heterocycles. The minimum atomic E-state index is 0. The first-order valence-electron chi connectivity index (χ1n) is 10.9. The van der Waals surface area contributed by atoms with Crippen molar-refractivity contribution in [2.24, 2.45) is 5.73 Å². The normalized spacial score (nSPS) is 13.9. The number of amides is 1. The zero-order chi connectivity index (χ0) is 21.6. The fourth-order valence-electron chi connectivity index (χ4n) is 4.26. The molecule has 0 spiro atoms. The topological polar surface area (TPSA) is 59.2 Å². The summed E-state index contributed by atoms with van der Waals surface area (Å²) in [5, 5.41) is 0. The van der Waals surface area contributed by atoms with Gasteiger partial charge in [-0.1, -0.05) is 60.7 Å². The van der Waals surface area contributed by atoms with Crippen molar-refractivity contribution in [3.63, 3.8) is 0 Å². The minimum Gasteiger partial charge on any atom is -0.339 e. The van der Waals surface area contributed by atoms with Gasteiger partial charge in [0, 0.05) is 32.0 Å². The number of nitrogens with two attached hydrogens (primary N) is 1. The van der Waals surface area contributed by atoms with Crippen LogP contribution in [0.3, 0.4) is 0 Å². The molecule has 4 nitrogen and oxygen atoms in total. The van der Waals surface area contributed by atoms with Crippen LogP contribution in [0.25, 0.3) is 12.2 Å². The summed E-state index contributed by atoms with van der Waals surface area (Å²) >= 11 is 0. The van der Waals surface area contributed by atoms with Gasteiger partial charge in [-0.25, -0.2) is 0 Å². The average Bonchev–Trinajstić information content (AvgIpc) is 2.83. The van der Waals surface area contributed by atoms with Crippen LogP contribution in [-0.4, -0.2) is 28.9 Å². The maximum Gasteiger partial charge on any atom is 0.255 e. The first-order chi connectivity index (χ1) is 15.1. The van der Waals surface area contributed by atoms with E-state index in [4.69, 9.17) is 5.73 Å². The van der Waals surface area contributed by atoms with Crippen LogP contribution in [0.4, 0.5) is 0 Å². The van der Waals surface area contributed by atoms with Crippen LogP contribution in [0.5, 0.6) is 0 Å². The first-order valence-corrected chi connectivity index (χ1v) is 10.9. The summed E-state index contributed by atoms with van der Waals surface area (Å²) in [5.41, 5.74) is 12.4. The van der Waals surface area contributed by atoms with E-state index >= 15 is 0 Å². The molecule has 1 fully saturated rings. The highest BCUT2D eigenvalue weighted by atomic mass is 35.5. The van der Waals surface area contributed by atoms with Crippen molar-refractivity contribution in [2.45, 2.75) is 32.2 Å². The Hall–Kier alpha value is -2.66. The van der Waals surface area contributed by atoms with E-state index in [0.29, 0.717) is 18.0 Å². The third-order valence-electron chi connectivity index (χ3n) is 6.08. The summed E-state index contributed by atoms with van der Waals surface area (Å²) < 4.78 is 0. The Labute approximate surface area is 208 Å². The summed E-state index contributed by atoms with van der Waals surface area (Å²) in [6.07, 6.45) is 9.44. The molecule has 2 N–H and O–H groups in total. The number of carbonyl (C=O) groups excluding carboxylic acids is 1. The molecule has 4 rings (SSSR count). The highest BCUT2D eigenvalue weighted by Gasteiger charge is 2.25. The van der Waals surface area contributed by atoms with Crippen LogP contribution < -0.4 is 5.73 Å². The van der Waals surface area contributed by atoms with Crippen molar-refractivity contribution in [3.8, 4) is 0 Å². The van der Waals surface area contributed by atoms with Crippen LogP contribution >= 0.6 is 24.8 Å². The number of hydrogen-bond donors (Lipinski definition) is 1. The number of likely N-dealkylation sites (tertiary alicyclic amines) is 1. The van der Waals surface area contributed by atoms with E-state index in [9.17, 15) is 4.79 Å². The van der Waals surface area contributed by atoms with E-state index in [2.05, 4.69) is 30.1 Å². The predicted molar refractivity (Wildman–Crippen MR) is 141 cm³/mol. The monoisotopic (exact) mass is 483 g/mol. The van der Waals surface area contributed by atoms with E-state index < -0.39 is 0 Å². The van der Waals surface area contributed by atoms with Crippen molar-refractivity contribution in [1.82, 2.24) is 9.88 Å². The molecule has 2 heterocycles. The molecule has 0 unspecified atom stereocenters. The number of aryl methyl sites for hydroxylation is 1. The van der Waals surface area contributed by atoms with Crippen molar-refractivity contribution >= 4 is 42.9 Å². The molecule has 1 amide bonds. The number of pyridine rings is 1. The fraction of sp³-hybridized carbons (Fsp3) is 0.259. The summed E-state index contributed by atoms with van der Waals surface area (Å²) in [4.78, 5) is 19.3. The molecule has 1 aliphatic rings. The van der Waals surface area contributed by atoms with E-state index in [1.807, 2.05) is 53.5 Å². The summed E-state index contributed by atoms with van der Waals surface area (Å²) in [7, 11) is 0. The second kappa shape index (κ2) is 12.5. The number of aromatic nitrogens is 1. The van der Waals surface area contributed by atoms with Crippen LogP contribution in [0.2, 0.25) is 0 Å². The molecule has 3 aromatic rings. The predicted octanol–water partition coefficient (Wildman–Crippen LogP) is 5.88. The molecule has 1 aromatic heterocycles. The van der Waals surface area contributed by atoms with Crippen LogP contribution in [0, 0.1) is 6.92 Å². The van der Waals surface area contributed by atoms with Gasteiger partial charge in [0.15, 0.2) is 0 Å². The first kappa shape index (κ1) is 26.6. The lowest BCUT2D eigenvalue weighted by molar-refractivity contribution is 0.0712. The van der Waals surface area contributed by atoms with Gasteiger partial charge in [-0.3, -0.25) is 9.78 Å². The third-order valence-corrected chi connectivity index (χ3v) is 6.08. The van der Waals surface area contributed by atoms with Gasteiger partial charge >= 0.3 is 0 Å². The van der Waals surface area contributed by atoms with Gasteiger partial charge in [0.2, 0.25) is 0 Å². The molecule has 1 saturated heterocycles. The van der Waals surface area contributed by atoms with Gasteiger partial charge in [0.25, 0.3) is 5.91 Å². The smallest absolute Gasteiger partial charge is 0.255 e. The van der Waals surface area contributed by atoms with Gasteiger partial charge in [-0.05, 0) is 59.6 Å². The largest absolute Gasteiger partial charge is 0.339 e. The summed E-state index contributed by atoms with van der Waals surface area (Å²) in [6, 6.07) is 18.5. The number of nitrogens with zero attached hydrogens (tertiary/aromatic N) is 2. The zero-order valence-electron chi connectivity index (χ0n) is 18.8. The van der Waals surface area contributed by atoms with Crippen LogP contribution in [0.15, 0.2) is 67.0 Å².